The first-order valence-corrected chi connectivity index (χ1v) is 6.35. The number of carbonyl (C=O) groups excluding carboxylic acids is 1. The van der Waals surface area contributed by atoms with Crippen LogP contribution in [-0.4, -0.2) is 24.2 Å². The number of rotatable bonds is 5. The lowest BCUT2D eigenvalue weighted by molar-refractivity contribution is -0.126. The van der Waals surface area contributed by atoms with E-state index in [1.54, 1.807) is 0 Å². The Labute approximate surface area is 98.6 Å². The summed E-state index contributed by atoms with van der Waals surface area (Å²) in [5.74, 6) is 0.946. The van der Waals surface area contributed by atoms with Crippen molar-refractivity contribution in [3.05, 3.63) is 0 Å². The fraction of sp³-hybridized carbons (Fsp3) is 0.923. The summed E-state index contributed by atoms with van der Waals surface area (Å²) >= 11 is 0. The summed E-state index contributed by atoms with van der Waals surface area (Å²) < 4.78 is 0. The molecular formula is C13H25NO2. The van der Waals surface area contributed by atoms with Gasteiger partial charge in [-0.25, -0.2) is 0 Å². The van der Waals surface area contributed by atoms with E-state index in [2.05, 4.69) is 26.1 Å². The fourth-order valence-corrected chi connectivity index (χ4v) is 2.38. The van der Waals surface area contributed by atoms with Gasteiger partial charge in [0.05, 0.1) is 0 Å². The number of nitrogens with one attached hydrogen (secondary N) is 1. The summed E-state index contributed by atoms with van der Waals surface area (Å²) in [6.45, 7) is 7.15. The van der Waals surface area contributed by atoms with E-state index in [9.17, 15) is 4.79 Å². The van der Waals surface area contributed by atoms with Crippen LogP contribution < -0.4 is 5.32 Å². The van der Waals surface area contributed by atoms with Crippen LogP contribution in [0.25, 0.3) is 0 Å². The van der Waals surface area contributed by atoms with Crippen molar-refractivity contribution in [3.63, 3.8) is 0 Å². The van der Waals surface area contributed by atoms with Crippen LogP contribution in [0.5, 0.6) is 0 Å². The molecule has 0 aromatic rings. The topological polar surface area (TPSA) is 49.3 Å². The van der Waals surface area contributed by atoms with E-state index in [1.807, 2.05) is 0 Å². The van der Waals surface area contributed by atoms with Gasteiger partial charge in [-0.1, -0.05) is 27.2 Å². The monoisotopic (exact) mass is 227 g/mol. The van der Waals surface area contributed by atoms with Crippen LogP contribution in [0.2, 0.25) is 0 Å². The van der Waals surface area contributed by atoms with Gasteiger partial charge in [-0.15, -0.1) is 0 Å². The summed E-state index contributed by atoms with van der Waals surface area (Å²) in [6, 6.07) is 0. The highest BCUT2D eigenvalue weighted by molar-refractivity contribution is 5.79. The number of aliphatic hydroxyl groups excluding tert-OH is 1. The lowest BCUT2D eigenvalue weighted by Gasteiger charge is -2.25. The number of amides is 1. The van der Waals surface area contributed by atoms with Crippen LogP contribution in [0.4, 0.5) is 0 Å². The summed E-state index contributed by atoms with van der Waals surface area (Å²) in [6.07, 6.45) is 4.12. The zero-order valence-electron chi connectivity index (χ0n) is 10.8. The van der Waals surface area contributed by atoms with Gasteiger partial charge in [0.15, 0.2) is 0 Å². The zero-order valence-corrected chi connectivity index (χ0v) is 10.8. The Morgan fingerprint density at radius 1 is 1.44 bits per heavy atom. The predicted molar refractivity (Wildman–Crippen MR) is 65.0 cm³/mol. The third-order valence-electron chi connectivity index (χ3n) is 3.73. The Hall–Kier alpha value is -0.570. The van der Waals surface area contributed by atoms with Crippen LogP contribution in [0.3, 0.4) is 0 Å². The van der Waals surface area contributed by atoms with Crippen LogP contribution in [-0.2, 0) is 4.79 Å². The van der Waals surface area contributed by atoms with Gasteiger partial charge in [0.25, 0.3) is 0 Å². The van der Waals surface area contributed by atoms with Crippen molar-refractivity contribution in [2.45, 2.75) is 46.5 Å². The molecule has 0 radical (unpaired) electrons. The quantitative estimate of drug-likeness (QED) is 0.754. The predicted octanol–water partition coefficient (Wildman–Crippen LogP) is 1.95. The van der Waals surface area contributed by atoms with Gasteiger partial charge >= 0.3 is 0 Å². The third kappa shape index (κ3) is 3.78. The first-order valence-electron chi connectivity index (χ1n) is 6.35. The molecule has 2 N–H and O–H groups in total. The Balaban J connectivity index is 2.34. The molecule has 94 valence electrons. The molecule has 1 rings (SSSR count). The molecular weight excluding hydrogens is 202 g/mol. The minimum absolute atomic E-state index is 0.00769. The van der Waals surface area contributed by atoms with Crippen molar-refractivity contribution < 1.29 is 9.90 Å². The minimum Gasteiger partial charge on any atom is -0.396 e. The van der Waals surface area contributed by atoms with Gasteiger partial charge in [-0.05, 0) is 30.6 Å². The van der Waals surface area contributed by atoms with Gasteiger partial charge in [-0.2, -0.15) is 0 Å². The average molecular weight is 227 g/mol. The first-order chi connectivity index (χ1) is 7.46. The van der Waals surface area contributed by atoms with Gasteiger partial charge < -0.3 is 10.4 Å². The van der Waals surface area contributed by atoms with Crippen LogP contribution >= 0.6 is 0 Å². The molecule has 2 unspecified atom stereocenters. The van der Waals surface area contributed by atoms with Crippen molar-refractivity contribution in [1.82, 2.24) is 5.32 Å². The maximum Gasteiger partial charge on any atom is 0.223 e. The fourth-order valence-electron chi connectivity index (χ4n) is 2.38. The van der Waals surface area contributed by atoms with Gasteiger partial charge in [0.1, 0.15) is 0 Å². The van der Waals surface area contributed by atoms with E-state index in [0.717, 1.165) is 12.8 Å². The summed E-state index contributed by atoms with van der Waals surface area (Å²) in [5.41, 5.74) is -0.00769. The maximum absolute atomic E-state index is 11.9. The average Bonchev–Trinajstić information content (AvgIpc) is 2.61. The highest BCUT2D eigenvalue weighted by Crippen LogP contribution is 2.31. The largest absolute Gasteiger partial charge is 0.396 e. The molecule has 0 saturated heterocycles. The Morgan fingerprint density at radius 2 is 2.12 bits per heavy atom. The molecule has 0 spiro atoms. The third-order valence-corrected chi connectivity index (χ3v) is 3.73. The standard InChI is InChI=1S/C13H25NO2/c1-10-5-4-6-11(10)12(16)14-9-13(2,3)7-8-15/h10-11,15H,4-9H2,1-3H3,(H,14,16). The van der Waals surface area contributed by atoms with Gasteiger partial charge in [0, 0.05) is 19.1 Å². The number of aliphatic hydroxyl groups is 1. The molecule has 2 atom stereocenters. The molecule has 1 aliphatic rings. The van der Waals surface area contributed by atoms with Crippen molar-refractivity contribution in [2.24, 2.45) is 17.3 Å². The SMILES string of the molecule is CC1CCCC1C(=O)NCC(C)(C)CCO. The molecule has 0 bridgehead atoms. The Morgan fingerprint density at radius 3 is 2.62 bits per heavy atom. The van der Waals surface area contributed by atoms with Crippen LogP contribution in [0.15, 0.2) is 0 Å². The summed E-state index contributed by atoms with van der Waals surface area (Å²) in [7, 11) is 0. The molecule has 0 aromatic carbocycles. The molecule has 16 heavy (non-hydrogen) atoms. The van der Waals surface area contributed by atoms with Gasteiger partial charge in [0.2, 0.25) is 5.91 Å². The number of hydrogen-bond acceptors (Lipinski definition) is 2. The number of carbonyl (C=O) groups is 1. The van der Waals surface area contributed by atoms with Crippen LogP contribution in [0, 0.1) is 17.3 Å². The Bertz CT molecular complexity index is 238. The van der Waals surface area contributed by atoms with E-state index in [0.29, 0.717) is 12.5 Å². The second kappa shape index (κ2) is 5.67. The molecule has 3 nitrogen and oxygen atoms in total. The summed E-state index contributed by atoms with van der Waals surface area (Å²) in [4.78, 5) is 11.9. The molecule has 0 heterocycles. The second-order valence-electron chi connectivity index (χ2n) is 5.87. The normalized spacial score (nSPS) is 25.8. The molecule has 3 heteroatoms. The summed E-state index contributed by atoms with van der Waals surface area (Å²) in [5, 5.41) is 11.9. The molecule has 0 aliphatic heterocycles. The second-order valence-corrected chi connectivity index (χ2v) is 5.87. The molecule has 0 aromatic heterocycles. The smallest absolute Gasteiger partial charge is 0.223 e. The lowest BCUT2D eigenvalue weighted by atomic mass is 9.89. The van der Waals surface area contributed by atoms with Crippen molar-refractivity contribution in [2.75, 3.05) is 13.2 Å². The van der Waals surface area contributed by atoms with Crippen molar-refractivity contribution in [1.29, 1.82) is 0 Å². The van der Waals surface area contributed by atoms with E-state index in [1.165, 1.54) is 12.8 Å². The van der Waals surface area contributed by atoms with Crippen molar-refractivity contribution in [3.8, 4) is 0 Å². The molecule has 1 saturated carbocycles. The molecule has 1 aliphatic carbocycles. The van der Waals surface area contributed by atoms with Gasteiger partial charge in [-0.3, -0.25) is 4.79 Å². The zero-order chi connectivity index (χ0) is 12.2. The first kappa shape index (κ1) is 13.5. The Kier molecular flexibility index (Phi) is 4.78. The molecule has 1 fully saturated rings. The minimum atomic E-state index is -0.00769. The molecule has 1 amide bonds. The van der Waals surface area contributed by atoms with E-state index >= 15 is 0 Å². The lowest BCUT2D eigenvalue weighted by Crippen LogP contribution is -2.38. The highest BCUT2D eigenvalue weighted by atomic mass is 16.3. The highest BCUT2D eigenvalue weighted by Gasteiger charge is 2.30. The van der Waals surface area contributed by atoms with Crippen LogP contribution in [0.1, 0.15) is 46.5 Å². The van der Waals surface area contributed by atoms with E-state index in [4.69, 9.17) is 5.11 Å². The van der Waals surface area contributed by atoms with E-state index < -0.39 is 0 Å². The number of hydrogen-bond donors (Lipinski definition) is 2. The maximum atomic E-state index is 11.9. The van der Waals surface area contributed by atoms with E-state index in [-0.39, 0.29) is 23.8 Å². The van der Waals surface area contributed by atoms with Crippen molar-refractivity contribution >= 4 is 5.91 Å².